The zero-order valence-electron chi connectivity index (χ0n) is 9.74. The van der Waals surface area contributed by atoms with E-state index in [1.165, 1.54) is 19.1 Å². The van der Waals surface area contributed by atoms with Crippen molar-refractivity contribution in [2.45, 2.75) is 6.92 Å². The molecule has 0 aliphatic rings. The van der Waals surface area contributed by atoms with Gasteiger partial charge in [-0.2, -0.15) is 0 Å². The molecular weight excluding hydrogens is 335 g/mol. The number of carbonyl (C=O) groups excluding carboxylic acids is 2. The molecule has 1 aromatic heterocycles. The summed E-state index contributed by atoms with van der Waals surface area (Å²) < 4.78 is 13.6. The highest BCUT2D eigenvalue weighted by Crippen LogP contribution is 2.19. The molecule has 1 N–H and O–H groups in total. The van der Waals surface area contributed by atoms with Crippen LogP contribution in [-0.4, -0.2) is 16.7 Å². The van der Waals surface area contributed by atoms with Gasteiger partial charge in [0.05, 0.1) is 0 Å². The van der Waals surface area contributed by atoms with Gasteiger partial charge in [0, 0.05) is 22.3 Å². The Bertz CT molecular complexity index is 637. The fourth-order valence-electron chi connectivity index (χ4n) is 1.35. The van der Waals surface area contributed by atoms with Crippen molar-refractivity contribution >= 4 is 44.1 Å². The van der Waals surface area contributed by atoms with Crippen LogP contribution in [-0.2, 0) is 0 Å². The van der Waals surface area contributed by atoms with Gasteiger partial charge < -0.3 is 0 Å². The van der Waals surface area contributed by atoms with Crippen LogP contribution in [0.1, 0.15) is 27.8 Å². The Labute approximate surface area is 120 Å². The van der Waals surface area contributed by atoms with Crippen LogP contribution in [0.15, 0.2) is 28.1 Å². The largest absolute Gasteiger partial charge is 0.298 e. The summed E-state index contributed by atoms with van der Waals surface area (Å²) in [7, 11) is 0. The number of aromatic nitrogens is 1. The maximum atomic E-state index is 13.2. The first-order valence-electron chi connectivity index (χ1n) is 5.19. The molecule has 0 radical (unpaired) electrons. The SMILES string of the molecule is CC(=O)c1csc(NC(=O)c2cc(F)cc(Br)c2)n1. The molecule has 1 amide bonds. The second-order valence-corrected chi connectivity index (χ2v) is 5.48. The highest BCUT2D eigenvalue weighted by Gasteiger charge is 2.12. The number of Topliss-reactive ketones (excluding diaryl/α,β-unsaturated/α-hetero) is 1. The number of hydrogen-bond donors (Lipinski definition) is 1. The summed E-state index contributed by atoms with van der Waals surface area (Å²) >= 11 is 4.25. The second-order valence-electron chi connectivity index (χ2n) is 3.71. The molecule has 2 rings (SSSR count). The summed E-state index contributed by atoms with van der Waals surface area (Å²) in [4.78, 5) is 26.9. The average Bonchev–Trinajstić information content (AvgIpc) is 2.76. The molecule has 4 nitrogen and oxygen atoms in total. The van der Waals surface area contributed by atoms with Crippen molar-refractivity contribution in [1.29, 1.82) is 0 Å². The van der Waals surface area contributed by atoms with Crippen molar-refractivity contribution in [3.63, 3.8) is 0 Å². The van der Waals surface area contributed by atoms with Crippen LogP contribution in [0.25, 0.3) is 0 Å². The summed E-state index contributed by atoms with van der Waals surface area (Å²) in [5.74, 6) is -1.17. The van der Waals surface area contributed by atoms with Crippen molar-refractivity contribution in [2.24, 2.45) is 0 Å². The molecule has 0 unspecified atom stereocenters. The second kappa shape index (κ2) is 5.58. The minimum Gasteiger partial charge on any atom is -0.298 e. The fourth-order valence-corrected chi connectivity index (χ4v) is 2.56. The van der Waals surface area contributed by atoms with Gasteiger partial charge in [-0.05, 0) is 18.2 Å². The minimum absolute atomic E-state index is 0.173. The number of hydrogen-bond acceptors (Lipinski definition) is 4. The standard InChI is InChI=1S/C12H8BrFN2O2S/c1-6(17)10-5-19-12(15-10)16-11(18)7-2-8(13)4-9(14)3-7/h2-5H,1H3,(H,15,16,18). The van der Waals surface area contributed by atoms with Crippen molar-refractivity contribution in [3.05, 3.63) is 45.1 Å². The zero-order chi connectivity index (χ0) is 14.0. The molecular formula is C12H8BrFN2O2S. The van der Waals surface area contributed by atoms with Crippen molar-refractivity contribution in [2.75, 3.05) is 5.32 Å². The van der Waals surface area contributed by atoms with E-state index in [0.29, 0.717) is 15.3 Å². The summed E-state index contributed by atoms with van der Waals surface area (Å²) in [5.41, 5.74) is 0.465. The topological polar surface area (TPSA) is 59.1 Å². The van der Waals surface area contributed by atoms with Gasteiger partial charge >= 0.3 is 0 Å². The number of nitrogens with one attached hydrogen (secondary N) is 1. The van der Waals surface area contributed by atoms with Gasteiger partial charge in [0.2, 0.25) is 0 Å². The molecule has 1 heterocycles. The smallest absolute Gasteiger partial charge is 0.257 e. The zero-order valence-corrected chi connectivity index (χ0v) is 12.1. The highest BCUT2D eigenvalue weighted by atomic mass is 79.9. The summed E-state index contributed by atoms with van der Waals surface area (Å²) in [5, 5.41) is 4.37. The third-order valence-corrected chi connectivity index (χ3v) is 3.43. The Hall–Kier alpha value is -1.60. The lowest BCUT2D eigenvalue weighted by Gasteiger charge is -2.02. The Kier molecular flexibility index (Phi) is 4.06. The van der Waals surface area contributed by atoms with Gasteiger partial charge in [-0.3, -0.25) is 14.9 Å². The molecule has 0 bridgehead atoms. The van der Waals surface area contributed by atoms with E-state index < -0.39 is 11.7 Å². The molecule has 98 valence electrons. The van der Waals surface area contributed by atoms with Crippen molar-refractivity contribution < 1.29 is 14.0 Å². The Balaban J connectivity index is 2.18. The third-order valence-electron chi connectivity index (χ3n) is 2.21. The van der Waals surface area contributed by atoms with Gasteiger partial charge in [-0.15, -0.1) is 11.3 Å². The Morgan fingerprint density at radius 2 is 2.11 bits per heavy atom. The molecule has 2 aromatic rings. The average molecular weight is 343 g/mol. The number of ketones is 1. The number of halogens is 2. The first-order valence-corrected chi connectivity index (χ1v) is 6.87. The molecule has 0 spiro atoms. The van der Waals surface area contributed by atoms with E-state index in [4.69, 9.17) is 0 Å². The summed E-state index contributed by atoms with van der Waals surface area (Å²) in [6.07, 6.45) is 0. The predicted octanol–water partition coefficient (Wildman–Crippen LogP) is 3.50. The molecule has 0 saturated heterocycles. The lowest BCUT2D eigenvalue weighted by atomic mass is 10.2. The lowest BCUT2D eigenvalue weighted by Crippen LogP contribution is -2.12. The molecule has 19 heavy (non-hydrogen) atoms. The maximum absolute atomic E-state index is 13.2. The molecule has 1 aromatic carbocycles. The normalized spacial score (nSPS) is 10.3. The molecule has 0 fully saturated rings. The predicted molar refractivity (Wildman–Crippen MR) is 74.2 cm³/mol. The van der Waals surface area contributed by atoms with Crippen molar-refractivity contribution in [3.8, 4) is 0 Å². The Morgan fingerprint density at radius 1 is 1.37 bits per heavy atom. The summed E-state index contributed by atoms with van der Waals surface area (Å²) in [6, 6.07) is 3.88. The van der Waals surface area contributed by atoms with Crippen LogP contribution in [0.5, 0.6) is 0 Å². The van der Waals surface area contributed by atoms with Crippen LogP contribution in [0.4, 0.5) is 9.52 Å². The first-order chi connectivity index (χ1) is 8.95. The number of amides is 1. The molecule has 0 aliphatic heterocycles. The number of anilines is 1. The molecule has 7 heteroatoms. The van der Waals surface area contributed by atoms with Crippen molar-refractivity contribution in [1.82, 2.24) is 4.98 Å². The maximum Gasteiger partial charge on any atom is 0.257 e. The highest BCUT2D eigenvalue weighted by molar-refractivity contribution is 9.10. The number of rotatable bonds is 3. The quantitative estimate of drug-likeness (QED) is 0.868. The third kappa shape index (κ3) is 3.45. The van der Waals surface area contributed by atoms with Gasteiger partial charge in [0.15, 0.2) is 10.9 Å². The number of benzene rings is 1. The van der Waals surface area contributed by atoms with Crippen LogP contribution >= 0.6 is 27.3 Å². The fraction of sp³-hybridized carbons (Fsp3) is 0.0833. The van der Waals surface area contributed by atoms with E-state index >= 15 is 0 Å². The first kappa shape index (κ1) is 13.8. The molecule has 0 aliphatic carbocycles. The van der Waals surface area contributed by atoms with Gasteiger partial charge in [-0.25, -0.2) is 9.37 Å². The number of nitrogens with zero attached hydrogens (tertiary/aromatic N) is 1. The van der Waals surface area contributed by atoms with E-state index in [2.05, 4.69) is 26.2 Å². The van der Waals surface area contributed by atoms with E-state index in [1.807, 2.05) is 0 Å². The van der Waals surface area contributed by atoms with E-state index in [1.54, 1.807) is 5.38 Å². The van der Waals surface area contributed by atoms with Crippen LogP contribution in [0, 0.1) is 5.82 Å². The van der Waals surface area contributed by atoms with E-state index in [9.17, 15) is 14.0 Å². The molecule has 0 atom stereocenters. The number of carbonyl (C=O) groups is 2. The summed E-state index contributed by atoms with van der Waals surface area (Å²) in [6.45, 7) is 1.39. The molecule has 0 saturated carbocycles. The van der Waals surface area contributed by atoms with Crippen LogP contribution < -0.4 is 5.32 Å². The van der Waals surface area contributed by atoms with Crippen LogP contribution in [0.2, 0.25) is 0 Å². The van der Waals surface area contributed by atoms with Gasteiger partial charge in [0.1, 0.15) is 11.5 Å². The van der Waals surface area contributed by atoms with E-state index in [0.717, 1.165) is 17.4 Å². The number of thiazole rings is 1. The van der Waals surface area contributed by atoms with Crippen LogP contribution in [0.3, 0.4) is 0 Å². The van der Waals surface area contributed by atoms with E-state index in [-0.39, 0.29) is 11.3 Å². The minimum atomic E-state index is -0.511. The van der Waals surface area contributed by atoms with Gasteiger partial charge in [0.25, 0.3) is 5.91 Å². The Morgan fingerprint density at radius 3 is 2.68 bits per heavy atom. The van der Waals surface area contributed by atoms with Gasteiger partial charge in [-0.1, -0.05) is 15.9 Å². The lowest BCUT2D eigenvalue weighted by molar-refractivity contribution is 0.100. The monoisotopic (exact) mass is 342 g/mol.